The number of carbonyl (C=O) groups is 1. The molecule has 7 nitrogen and oxygen atoms in total. The van der Waals surface area contributed by atoms with Crippen molar-refractivity contribution in [2.75, 3.05) is 23.9 Å². The molecule has 0 saturated heterocycles. The minimum absolute atomic E-state index is 0.579. The van der Waals surface area contributed by atoms with E-state index in [2.05, 4.69) is 23.9 Å². The number of hydrogen-bond acceptors (Lipinski definition) is 6. The van der Waals surface area contributed by atoms with Crippen LogP contribution in [0, 0.1) is 0 Å². The topological polar surface area (TPSA) is 82.5 Å². The van der Waals surface area contributed by atoms with E-state index >= 15 is 0 Å². The van der Waals surface area contributed by atoms with Crippen LogP contribution in [-0.2, 0) is 4.79 Å². The normalized spacial score (nSPS) is 19.8. The van der Waals surface area contributed by atoms with E-state index in [1.165, 1.54) is 51.4 Å². The third kappa shape index (κ3) is 4.82. The molecule has 0 amide bonds. The van der Waals surface area contributed by atoms with Gasteiger partial charge >= 0.3 is 12.1 Å². The third-order valence-corrected chi connectivity index (χ3v) is 5.69. The smallest absolute Gasteiger partial charge is 0.475 e. The van der Waals surface area contributed by atoms with Gasteiger partial charge < -0.3 is 14.9 Å². The molecular weight excluding hydrogens is 375 g/mol. The van der Waals surface area contributed by atoms with Gasteiger partial charge in [0, 0.05) is 32.1 Å². The number of halogens is 3. The van der Waals surface area contributed by atoms with E-state index in [0.29, 0.717) is 18.0 Å². The van der Waals surface area contributed by atoms with E-state index in [0.717, 1.165) is 17.7 Å². The molecule has 3 saturated carbocycles. The molecule has 3 aliphatic rings. The van der Waals surface area contributed by atoms with Crippen molar-refractivity contribution >= 4 is 17.9 Å². The Morgan fingerprint density at radius 2 is 1.29 bits per heavy atom. The van der Waals surface area contributed by atoms with Crippen molar-refractivity contribution in [2.24, 2.45) is 0 Å². The van der Waals surface area contributed by atoms with Crippen molar-refractivity contribution in [3.05, 3.63) is 5.82 Å². The van der Waals surface area contributed by atoms with Gasteiger partial charge in [-0.1, -0.05) is 0 Å². The summed E-state index contributed by atoms with van der Waals surface area (Å²) >= 11 is 0. The Kier molecular flexibility index (Phi) is 5.95. The van der Waals surface area contributed by atoms with Crippen LogP contribution < -0.4 is 9.80 Å². The molecule has 4 rings (SSSR count). The molecule has 28 heavy (non-hydrogen) atoms. The van der Waals surface area contributed by atoms with Crippen molar-refractivity contribution < 1.29 is 23.1 Å². The van der Waals surface area contributed by atoms with Crippen LogP contribution in [-0.4, -0.2) is 58.4 Å². The van der Waals surface area contributed by atoms with Gasteiger partial charge in [0.25, 0.3) is 0 Å². The van der Waals surface area contributed by atoms with Crippen LogP contribution >= 0.6 is 0 Å². The Morgan fingerprint density at radius 1 is 0.893 bits per heavy atom. The lowest BCUT2D eigenvalue weighted by molar-refractivity contribution is -0.192. The van der Waals surface area contributed by atoms with Gasteiger partial charge in [0.15, 0.2) is 0 Å². The minimum Gasteiger partial charge on any atom is -0.475 e. The Bertz CT molecular complexity index is 665. The molecule has 10 heteroatoms. The van der Waals surface area contributed by atoms with Crippen molar-refractivity contribution in [2.45, 2.75) is 75.5 Å². The van der Waals surface area contributed by atoms with Crippen LogP contribution in [0.15, 0.2) is 0 Å². The van der Waals surface area contributed by atoms with Crippen LogP contribution in [0.4, 0.5) is 25.1 Å². The minimum atomic E-state index is -5.08. The Hall–Kier alpha value is -2.13. The van der Waals surface area contributed by atoms with Crippen molar-refractivity contribution in [3.8, 4) is 0 Å². The molecule has 1 aromatic heterocycles. The van der Waals surface area contributed by atoms with Gasteiger partial charge in [0.2, 0.25) is 11.9 Å². The zero-order valence-corrected chi connectivity index (χ0v) is 16.1. The second kappa shape index (κ2) is 8.08. The molecule has 0 atom stereocenters. The number of carboxylic acids is 1. The molecule has 3 fully saturated rings. The highest BCUT2D eigenvalue weighted by molar-refractivity contribution is 5.73. The highest BCUT2D eigenvalue weighted by atomic mass is 19.4. The fraction of sp³-hybridized carbons (Fsp3) is 0.778. The van der Waals surface area contributed by atoms with E-state index in [1.54, 1.807) is 0 Å². The zero-order valence-electron chi connectivity index (χ0n) is 16.1. The zero-order chi connectivity index (χ0) is 20.5. The fourth-order valence-corrected chi connectivity index (χ4v) is 3.08. The molecule has 0 spiro atoms. The van der Waals surface area contributed by atoms with Gasteiger partial charge in [0.05, 0.1) is 0 Å². The van der Waals surface area contributed by atoms with E-state index in [-0.39, 0.29) is 0 Å². The second-order valence-corrected chi connectivity index (χ2v) is 7.76. The van der Waals surface area contributed by atoms with E-state index in [1.807, 2.05) is 0 Å². The first-order valence-corrected chi connectivity index (χ1v) is 9.68. The molecule has 1 heterocycles. The molecule has 3 aliphatic carbocycles. The first-order chi connectivity index (χ1) is 13.2. The highest BCUT2D eigenvalue weighted by Crippen LogP contribution is 2.39. The average molecular weight is 401 g/mol. The SMILES string of the molecule is CN(c1nc(C2CC2)nc(N(C)C2CCC2)n1)C1CCC1.O=C(O)C(F)(F)F. The predicted molar refractivity (Wildman–Crippen MR) is 97.6 cm³/mol. The quantitative estimate of drug-likeness (QED) is 0.810. The third-order valence-electron chi connectivity index (χ3n) is 5.69. The van der Waals surface area contributed by atoms with Crippen LogP contribution in [0.25, 0.3) is 0 Å². The summed E-state index contributed by atoms with van der Waals surface area (Å²) in [5.41, 5.74) is 0. The van der Waals surface area contributed by atoms with Gasteiger partial charge in [-0.25, -0.2) is 4.79 Å². The molecule has 156 valence electrons. The monoisotopic (exact) mass is 401 g/mol. The number of hydrogen-bond donors (Lipinski definition) is 1. The summed E-state index contributed by atoms with van der Waals surface area (Å²) in [4.78, 5) is 27.7. The summed E-state index contributed by atoms with van der Waals surface area (Å²) in [7, 11) is 4.28. The van der Waals surface area contributed by atoms with E-state index < -0.39 is 12.1 Å². The maximum Gasteiger partial charge on any atom is 0.490 e. The molecule has 1 aromatic rings. The molecule has 0 aromatic carbocycles. The summed E-state index contributed by atoms with van der Waals surface area (Å²) in [6.45, 7) is 0. The van der Waals surface area contributed by atoms with Crippen molar-refractivity contribution in [1.29, 1.82) is 0 Å². The molecule has 1 N–H and O–H groups in total. The van der Waals surface area contributed by atoms with Gasteiger partial charge in [-0.3, -0.25) is 0 Å². The van der Waals surface area contributed by atoms with Crippen molar-refractivity contribution in [3.63, 3.8) is 0 Å². The number of carboxylic acid groups (broad SMARTS) is 1. The number of nitrogens with zero attached hydrogens (tertiary/aromatic N) is 5. The molecule has 0 aliphatic heterocycles. The number of alkyl halides is 3. The summed E-state index contributed by atoms with van der Waals surface area (Å²) < 4.78 is 31.7. The lowest BCUT2D eigenvalue weighted by Crippen LogP contribution is -2.40. The molecular formula is C18H26F3N5O2. The number of aromatic nitrogens is 3. The summed E-state index contributed by atoms with van der Waals surface area (Å²) in [6, 6.07) is 1.25. The number of rotatable bonds is 5. The van der Waals surface area contributed by atoms with Gasteiger partial charge in [-0.15, -0.1) is 0 Å². The second-order valence-electron chi connectivity index (χ2n) is 7.76. The standard InChI is InChI=1S/C16H25N5.C2HF3O2/c1-20(12-5-3-6-12)15-17-14(11-9-10-11)18-16(19-15)21(2)13-7-4-8-13;3-2(4,5)1(6)7/h11-13H,3-10H2,1-2H3;(H,6,7). The Balaban J connectivity index is 0.000000279. The van der Waals surface area contributed by atoms with Crippen LogP contribution in [0.5, 0.6) is 0 Å². The van der Waals surface area contributed by atoms with Gasteiger partial charge in [-0.2, -0.15) is 28.1 Å². The predicted octanol–water partition coefficient (Wildman–Crippen LogP) is 3.36. The number of aliphatic carboxylic acids is 1. The average Bonchev–Trinajstić information content (AvgIpc) is 3.35. The fourth-order valence-electron chi connectivity index (χ4n) is 3.08. The molecule has 0 radical (unpaired) electrons. The van der Waals surface area contributed by atoms with Gasteiger partial charge in [-0.05, 0) is 51.4 Å². The Labute approximate surface area is 162 Å². The number of anilines is 2. The van der Waals surface area contributed by atoms with E-state index in [9.17, 15) is 13.2 Å². The highest BCUT2D eigenvalue weighted by Gasteiger charge is 2.38. The van der Waals surface area contributed by atoms with E-state index in [4.69, 9.17) is 24.9 Å². The maximum absolute atomic E-state index is 10.6. The van der Waals surface area contributed by atoms with Crippen LogP contribution in [0.2, 0.25) is 0 Å². The largest absolute Gasteiger partial charge is 0.490 e. The van der Waals surface area contributed by atoms with Gasteiger partial charge in [0.1, 0.15) is 5.82 Å². The summed E-state index contributed by atoms with van der Waals surface area (Å²) in [6.07, 6.45) is 5.16. The first kappa shape index (κ1) is 20.6. The lowest BCUT2D eigenvalue weighted by atomic mass is 9.92. The Morgan fingerprint density at radius 3 is 1.54 bits per heavy atom. The maximum atomic E-state index is 10.6. The summed E-state index contributed by atoms with van der Waals surface area (Å²) in [5.74, 6) is 0.616. The van der Waals surface area contributed by atoms with Crippen molar-refractivity contribution in [1.82, 2.24) is 15.0 Å². The molecule has 0 unspecified atom stereocenters. The summed E-state index contributed by atoms with van der Waals surface area (Å²) in [5, 5.41) is 7.12. The van der Waals surface area contributed by atoms with Crippen LogP contribution in [0.3, 0.4) is 0 Å². The first-order valence-electron chi connectivity index (χ1n) is 9.68. The van der Waals surface area contributed by atoms with Crippen LogP contribution in [0.1, 0.15) is 63.1 Å². The molecule has 0 bridgehead atoms. The lowest BCUT2D eigenvalue weighted by Gasteiger charge is -2.37.